The van der Waals surface area contributed by atoms with Gasteiger partial charge in [-0.2, -0.15) is 4.37 Å². The minimum absolute atomic E-state index is 0.161. The summed E-state index contributed by atoms with van der Waals surface area (Å²) in [6, 6.07) is 19.3. The summed E-state index contributed by atoms with van der Waals surface area (Å²) in [7, 11) is 0. The van der Waals surface area contributed by atoms with Crippen molar-refractivity contribution in [3.05, 3.63) is 113 Å². The van der Waals surface area contributed by atoms with Crippen molar-refractivity contribution < 1.29 is 9.34 Å². The maximum absolute atomic E-state index is 11.0. The predicted octanol–water partition coefficient (Wildman–Crippen LogP) is 6.70. The molecular formula is C27H24N4O4S2. The zero-order valence-electron chi connectivity index (χ0n) is 20.7. The van der Waals surface area contributed by atoms with Gasteiger partial charge in [0.05, 0.1) is 16.5 Å². The van der Waals surface area contributed by atoms with Gasteiger partial charge in [0.25, 0.3) is 5.69 Å². The smallest absolute Gasteiger partial charge is 0.394 e. The molecule has 0 aliphatic carbocycles. The molecule has 8 nitrogen and oxygen atoms in total. The maximum atomic E-state index is 11.0. The molecule has 37 heavy (non-hydrogen) atoms. The highest BCUT2D eigenvalue weighted by Crippen LogP contribution is 2.26. The van der Waals surface area contributed by atoms with E-state index in [1.807, 2.05) is 75.4 Å². The third-order valence-electron chi connectivity index (χ3n) is 5.65. The normalized spacial score (nSPS) is 10.6. The van der Waals surface area contributed by atoms with E-state index in [4.69, 9.17) is 4.42 Å². The van der Waals surface area contributed by atoms with E-state index in [9.17, 15) is 14.9 Å². The molecule has 0 spiro atoms. The number of hydrogen-bond acceptors (Lipinski definition) is 9. The van der Waals surface area contributed by atoms with E-state index in [1.54, 1.807) is 13.0 Å². The predicted molar refractivity (Wildman–Crippen MR) is 146 cm³/mol. The number of nitro groups is 1. The maximum Gasteiger partial charge on any atom is 0.414 e. The molecule has 0 bridgehead atoms. The van der Waals surface area contributed by atoms with E-state index in [0.717, 1.165) is 44.6 Å². The minimum Gasteiger partial charge on any atom is -0.394 e. The van der Waals surface area contributed by atoms with E-state index >= 15 is 0 Å². The minimum atomic E-state index is -0.365. The number of nitrogens with zero attached hydrogens (tertiary/aromatic N) is 4. The highest BCUT2D eigenvalue weighted by molar-refractivity contribution is 7.05. The first-order chi connectivity index (χ1) is 17.7. The summed E-state index contributed by atoms with van der Waals surface area (Å²) in [5, 5.41) is 11.9. The van der Waals surface area contributed by atoms with Gasteiger partial charge in [-0.1, -0.05) is 47.5 Å². The molecule has 0 radical (unpaired) electrons. The summed E-state index contributed by atoms with van der Waals surface area (Å²) in [5.74, 6) is 1.13. The van der Waals surface area contributed by atoms with Crippen molar-refractivity contribution >= 4 is 28.8 Å². The molecule has 2 aromatic heterocycles. The van der Waals surface area contributed by atoms with Gasteiger partial charge < -0.3 is 4.42 Å². The molecule has 0 amide bonds. The Morgan fingerprint density at radius 2 is 1.46 bits per heavy atom. The Morgan fingerprint density at radius 1 is 0.838 bits per heavy atom. The number of aryl methyl sites for hydroxylation is 4. The van der Waals surface area contributed by atoms with Crippen LogP contribution in [0.15, 0.2) is 69.9 Å². The molecular weight excluding hydrogens is 508 g/mol. The van der Waals surface area contributed by atoms with Gasteiger partial charge in [-0.3, -0.25) is 10.1 Å². The number of hydrogen-bond donors (Lipinski definition) is 0. The Bertz CT molecular complexity index is 1590. The molecule has 10 heteroatoms. The van der Waals surface area contributed by atoms with Crippen LogP contribution in [-0.2, 0) is 6.42 Å². The second kappa shape index (κ2) is 11.4. The lowest BCUT2D eigenvalue weighted by Crippen LogP contribution is -1.97. The van der Waals surface area contributed by atoms with Crippen molar-refractivity contribution in [2.75, 3.05) is 0 Å². The summed E-state index contributed by atoms with van der Waals surface area (Å²) < 4.78 is 13.2. The van der Waals surface area contributed by atoms with Crippen LogP contribution in [0.25, 0.3) is 22.8 Å². The third kappa shape index (κ3) is 6.60. The van der Waals surface area contributed by atoms with Crippen LogP contribution in [0.1, 0.15) is 32.8 Å². The zero-order valence-corrected chi connectivity index (χ0v) is 22.4. The molecule has 0 fully saturated rings. The standard InChI is InChI=1S/C18H17N3O2S.C9H7NO2S/c1-11-4-6-14(7-5-11)18-19-17(24-20-18)10-15-8-13(3)16(21(22)23)9-12(15)2;1-6-2-4-7(5-3-6)8-10-13-9(11)12-8/h4-9H,10H2,1-3H3;2-5H,1H3. The van der Waals surface area contributed by atoms with E-state index in [2.05, 4.69) is 13.7 Å². The van der Waals surface area contributed by atoms with E-state index in [0.29, 0.717) is 17.9 Å². The third-order valence-corrected chi connectivity index (χ3v) is 6.85. The van der Waals surface area contributed by atoms with E-state index in [1.165, 1.54) is 22.7 Å². The first kappa shape index (κ1) is 26.1. The Balaban J connectivity index is 0.000000207. The van der Waals surface area contributed by atoms with Gasteiger partial charge in [0.2, 0.25) is 5.89 Å². The fourth-order valence-corrected chi connectivity index (χ4v) is 4.66. The summed E-state index contributed by atoms with van der Waals surface area (Å²) in [6.45, 7) is 7.70. The molecule has 0 unspecified atom stereocenters. The molecule has 0 aliphatic rings. The average Bonchev–Trinajstić information content (AvgIpc) is 3.51. The number of benzene rings is 3. The molecule has 5 aromatic rings. The fourth-order valence-electron chi connectivity index (χ4n) is 3.56. The van der Waals surface area contributed by atoms with Crippen LogP contribution in [0.2, 0.25) is 0 Å². The van der Waals surface area contributed by atoms with Gasteiger partial charge in [0.15, 0.2) is 5.82 Å². The van der Waals surface area contributed by atoms with Gasteiger partial charge in [-0.15, -0.1) is 4.37 Å². The van der Waals surface area contributed by atoms with Crippen molar-refractivity contribution in [1.29, 1.82) is 0 Å². The van der Waals surface area contributed by atoms with Crippen LogP contribution >= 0.6 is 23.1 Å². The zero-order chi connectivity index (χ0) is 26.5. The molecule has 0 atom stereocenters. The SMILES string of the molecule is Cc1ccc(-c2nsc(=O)o2)cc1.Cc1ccc(-c2nsc(Cc3cc(C)c([N+](=O)[O-])cc3C)n2)cc1. The summed E-state index contributed by atoms with van der Waals surface area (Å²) in [4.78, 5) is 25.6. The van der Waals surface area contributed by atoms with Gasteiger partial charge in [-0.05, 0) is 68.6 Å². The second-order valence-corrected chi connectivity index (χ2v) is 10.1. The highest BCUT2D eigenvalue weighted by atomic mass is 32.1. The second-order valence-electron chi connectivity index (χ2n) is 8.58. The van der Waals surface area contributed by atoms with Crippen LogP contribution in [-0.4, -0.2) is 18.7 Å². The first-order valence-electron chi connectivity index (χ1n) is 11.4. The molecule has 188 valence electrons. The quantitative estimate of drug-likeness (QED) is 0.183. The average molecular weight is 533 g/mol. The van der Waals surface area contributed by atoms with Crippen LogP contribution in [0.3, 0.4) is 0 Å². The van der Waals surface area contributed by atoms with Gasteiger partial charge >= 0.3 is 4.94 Å². The first-order valence-corrected chi connectivity index (χ1v) is 12.9. The van der Waals surface area contributed by atoms with Crippen molar-refractivity contribution in [2.45, 2.75) is 34.1 Å². The number of rotatable bonds is 5. The van der Waals surface area contributed by atoms with Crippen molar-refractivity contribution in [3.63, 3.8) is 0 Å². The Labute approximate surface area is 221 Å². The topological polar surface area (TPSA) is 112 Å². The Hall–Kier alpha value is -4.02. The molecule has 0 N–H and O–H groups in total. The lowest BCUT2D eigenvalue weighted by Gasteiger charge is -2.06. The fraction of sp³-hybridized carbons (Fsp3) is 0.185. The van der Waals surface area contributed by atoms with Crippen molar-refractivity contribution in [1.82, 2.24) is 13.7 Å². The van der Waals surface area contributed by atoms with E-state index in [-0.39, 0.29) is 15.5 Å². The Kier molecular flexibility index (Phi) is 8.00. The molecule has 0 aliphatic heterocycles. The van der Waals surface area contributed by atoms with E-state index < -0.39 is 0 Å². The number of nitro benzene ring substituents is 1. The lowest BCUT2D eigenvalue weighted by atomic mass is 10.0. The van der Waals surface area contributed by atoms with Crippen molar-refractivity contribution in [2.24, 2.45) is 0 Å². The van der Waals surface area contributed by atoms with Gasteiger partial charge in [0, 0.05) is 29.2 Å². The monoisotopic (exact) mass is 532 g/mol. The molecule has 0 saturated heterocycles. The van der Waals surface area contributed by atoms with Crippen LogP contribution in [0.5, 0.6) is 0 Å². The molecule has 5 rings (SSSR count). The summed E-state index contributed by atoms with van der Waals surface area (Å²) in [6.07, 6.45) is 0.633. The lowest BCUT2D eigenvalue weighted by molar-refractivity contribution is -0.385. The highest BCUT2D eigenvalue weighted by Gasteiger charge is 2.15. The molecule has 3 aromatic carbocycles. The Morgan fingerprint density at radius 3 is 2.03 bits per heavy atom. The largest absolute Gasteiger partial charge is 0.414 e. The van der Waals surface area contributed by atoms with Crippen LogP contribution < -0.4 is 4.94 Å². The van der Waals surface area contributed by atoms with Gasteiger partial charge in [0.1, 0.15) is 5.01 Å². The molecule has 2 heterocycles. The molecule has 0 saturated carbocycles. The van der Waals surface area contributed by atoms with Crippen LogP contribution in [0.4, 0.5) is 5.69 Å². The summed E-state index contributed by atoms with van der Waals surface area (Å²) >= 11 is 2.20. The van der Waals surface area contributed by atoms with Crippen molar-refractivity contribution in [3.8, 4) is 22.8 Å². The van der Waals surface area contributed by atoms with Crippen LogP contribution in [0, 0.1) is 37.8 Å². The summed E-state index contributed by atoms with van der Waals surface area (Å²) in [5.41, 5.74) is 6.98. The number of aromatic nitrogens is 3. The van der Waals surface area contributed by atoms with Gasteiger partial charge in [-0.25, -0.2) is 9.78 Å².